The summed E-state index contributed by atoms with van der Waals surface area (Å²) in [5.41, 5.74) is 3.11. The quantitative estimate of drug-likeness (QED) is 0.594. The summed E-state index contributed by atoms with van der Waals surface area (Å²) in [6.07, 6.45) is 0. The number of rotatable bonds is 7. The molecule has 0 amide bonds. The smallest absolute Gasteiger partial charge is 0.178 e. The zero-order chi connectivity index (χ0) is 16.8. The monoisotopic (exact) mass is 336 g/mol. The third kappa shape index (κ3) is 4.60. The fourth-order valence-electron chi connectivity index (χ4n) is 2.59. The average molecular weight is 336 g/mol. The van der Waals surface area contributed by atoms with Crippen LogP contribution in [-0.2, 0) is 19.6 Å². The number of carbonyl (C=O) groups excluding carboxylic acids is 1. The molecule has 0 atom stereocenters. The van der Waals surface area contributed by atoms with E-state index in [9.17, 15) is 4.79 Å². The molecule has 0 saturated heterocycles. The number of benzene rings is 2. The Kier molecular flexibility index (Phi) is 5.51. The van der Waals surface area contributed by atoms with Crippen LogP contribution in [0.2, 0.25) is 0 Å². The summed E-state index contributed by atoms with van der Waals surface area (Å²) < 4.78 is 0. The number of ketones is 1. The molecule has 24 heavy (non-hydrogen) atoms. The van der Waals surface area contributed by atoms with Crippen molar-refractivity contribution in [3.63, 3.8) is 0 Å². The minimum absolute atomic E-state index is 0.0233. The van der Waals surface area contributed by atoms with Crippen LogP contribution in [0.5, 0.6) is 0 Å². The van der Waals surface area contributed by atoms with E-state index < -0.39 is 0 Å². The van der Waals surface area contributed by atoms with Crippen LogP contribution in [0.1, 0.15) is 33.5 Å². The second-order valence-electron chi connectivity index (χ2n) is 5.80. The van der Waals surface area contributed by atoms with E-state index in [1.165, 1.54) is 11.1 Å². The summed E-state index contributed by atoms with van der Waals surface area (Å²) in [5.74, 6) is 0.0233. The van der Waals surface area contributed by atoms with Crippen LogP contribution in [0.25, 0.3) is 0 Å². The number of aromatic nitrogens is 1. The van der Waals surface area contributed by atoms with Gasteiger partial charge >= 0.3 is 0 Å². The molecule has 0 saturated carbocycles. The van der Waals surface area contributed by atoms with E-state index in [1.54, 1.807) is 18.3 Å². The minimum atomic E-state index is 0.0233. The van der Waals surface area contributed by atoms with Gasteiger partial charge in [0, 0.05) is 25.4 Å². The molecule has 2 aromatic carbocycles. The maximum atomic E-state index is 11.5. The predicted molar refractivity (Wildman–Crippen MR) is 98.0 cm³/mol. The maximum Gasteiger partial charge on any atom is 0.178 e. The number of carbonyl (C=O) groups is 1. The van der Waals surface area contributed by atoms with Gasteiger partial charge < -0.3 is 0 Å². The Labute approximate surface area is 146 Å². The van der Waals surface area contributed by atoms with Gasteiger partial charge in [-0.3, -0.25) is 9.69 Å². The molecule has 122 valence electrons. The van der Waals surface area contributed by atoms with Crippen LogP contribution < -0.4 is 0 Å². The highest BCUT2D eigenvalue weighted by Gasteiger charge is 2.12. The van der Waals surface area contributed by atoms with E-state index in [-0.39, 0.29) is 5.78 Å². The first-order valence-electron chi connectivity index (χ1n) is 7.96. The Morgan fingerprint density at radius 3 is 1.92 bits per heavy atom. The lowest BCUT2D eigenvalue weighted by Gasteiger charge is -2.21. The summed E-state index contributed by atoms with van der Waals surface area (Å²) in [6, 6.07) is 20.9. The molecule has 4 heteroatoms. The van der Waals surface area contributed by atoms with Gasteiger partial charge in [-0.1, -0.05) is 60.7 Å². The van der Waals surface area contributed by atoms with Crippen LogP contribution in [0.15, 0.2) is 66.0 Å². The molecule has 0 bridgehead atoms. The first-order chi connectivity index (χ1) is 11.7. The zero-order valence-electron chi connectivity index (χ0n) is 13.7. The summed E-state index contributed by atoms with van der Waals surface area (Å²) in [4.78, 5) is 18.3. The van der Waals surface area contributed by atoms with Crippen molar-refractivity contribution < 1.29 is 4.79 Å². The Hall–Kier alpha value is -2.30. The molecule has 0 aliphatic heterocycles. The molecule has 0 radical (unpaired) electrons. The lowest BCUT2D eigenvalue weighted by atomic mass is 10.1. The standard InChI is InChI=1S/C20H20N2OS/c1-16(23)19-15-24-20(21-19)14-22(12-17-8-4-2-5-9-17)13-18-10-6-3-7-11-18/h2-11,15H,12-14H2,1H3. The van der Waals surface area contributed by atoms with Gasteiger partial charge in [-0.05, 0) is 11.1 Å². The highest BCUT2D eigenvalue weighted by molar-refractivity contribution is 7.09. The van der Waals surface area contributed by atoms with Crippen LogP contribution in [0, 0.1) is 0 Å². The summed E-state index contributed by atoms with van der Waals surface area (Å²) >= 11 is 1.55. The Bertz CT molecular complexity index is 742. The van der Waals surface area contributed by atoms with E-state index in [2.05, 4.69) is 58.4 Å². The van der Waals surface area contributed by atoms with Crippen LogP contribution in [0.3, 0.4) is 0 Å². The SMILES string of the molecule is CC(=O)c1csc(CN(Cc2ccccc2)Cc2ccccc2)n1. The average Bonchev–Trinajstić information content (AvgIpc) is 3.05. The van der Waals surface area contributed by atoms with E-state index in [1.807, 2.05) is 17.5 Å². The Morgan fingerprint density at radius 2 is 1.46 bits per heavy atom. The molecule has 1 heterocycles. The molecule has 0 spiro atoms. The van der Waals surface area contributed by atoms with Crippen molar-refractivity contribution in [2.24, 2.45) is 0 Å². The topological polar surface area (TPSA) is 33.2 Å². The van der Waals surface area contributed by atoms with Gasteiger partial charge in [0.05, 0.1) is 6.54 Å². The maximum absolute atomic E-state index is 11.5. The van der Waals surface area contributed by atoms with Gasteiger partial charge in [-0.25, -0.2) is 4.98 Å². The normalized spacial score (nSPS) is 10.9. The van der Waals surface area contributed by atoms with E-state index in [0.717, 1.165) is 24.6 Å². The van der Waals surface area contributed by atoms with Crippen LogP contribution in [-0.4, -0.2) is 15.7 Å². The Morgan fingerprint density at radius 1 is 0.917 bits per heavy atom. The molecular weight excluding hydrogens is 316 g/mol. The molecular formula is C20H20N2OS. The third-order valence-corrected chi connectivity index (χ3v) is 4.60. The van der Waals surface area contributed by atoms with Gasteiger partial charge in [-0.15, -0.1) is 11.3 Å². The fourth-order valence-corrected chi connectivity index (χ4v) is 3.46. The number of Topliss-reactive ketones (excluding diaryl/α,β-unsaturated/α-hetero) is 1. The van der Waals surface area contributed by atoms with Crippen molar-refractivity contribution >= 4 is 17.1 Å². The molecule has 3 nitrogen and oxygen atoms in total. The number of hydrogen-bond acceptors (Lipinski definition) is 4. The van der Waals surface area contributed by atoms with Crippen molar-refractivity contribution in [2.45, 2.75) is 26.6 Å². The van der Waals surface area contributed by atoms with Gasteiger partial charge in [0.25, 0.3) is 0 Å². The highest BCUT2D eigenvalue weighted by atomic mass is 32.1. The number of hydrogen-bond donors (Lipinski definition) is 0. The molecule has 0 fully saturated rings. The third-order valence-electron chi connectivity index (χ3n) is 3.77. The molecule has 3 rings (SSSR count). The second-order valence-corrected chi connectivity index (χ2v) is 6.74. The van der Waals surface area contributed by atoms with Gasteiger partial charge in [0.2, 0.25) is 0 Å². The van der Waals surface area contributed by atoms with E-state index in [0.29, 0.717) is 5.69 Å². The lowest BCUT2D eigenvalue weighted by Crippen LogP contribution is -2.22. The van der Waals surface area contributed by atoms with E-state index in [4.69, 9.17) is 0 Å². The summed E-state index contributed by atoms with van der Waals surface area (Å²) in [6.45, 7) is 4.00. The van der Waals surface area contributed by atoms with Crippen molar-refractivity contribution in [1.82, 2.24) is 9.88 Å². The summed E-state index contributed by atoms with van der Waals surface area (Å²) in [5, 5.41) is 2.83. The zero-order valence-corrected chi connectivity index (χ0v) is 14.5. The lowest BCUT2D eigenvalue weighted by molar-refractivity contribution is 0.101. The summed E-state index contributed by atoms with van der Waals surface area (Å²) in [7, 11) is 0. The molecule has 3 aromatic rings. The molecule has 0 unspecified atom stereocenters. The Balaban J connectivity index is 1.76. The first-order valence-corrected chi connectivity index (χ1v) is 8.84. The van der Waals surface area contributed by atoms with Crippen LogP contribution in [0.4, 0.5) is 0 Å². The van der Waals surface area contributed by atoms with Crippen molar-refractivity contribution in [1.29, 1.82) is 0 Å². The van der Waals surface area contributed by atoms with Crippen molar-refractivity contribution in [3.8, 4) is 0 Å². The molecule has 0 aliphatic rings. The van der Waals surface area contributed by atoms with Crippen LogP contribution >= 0.6 is 11.3 Å². The van der Waals surface area contributed by atoms with Gasteiger partial charge in [-0.2, -0.15) is 0 Å². The molecule has 0 N–H and O–H groups in total. The predicted octanol–water partition coefficient (Wildman–Crippen LogP) is 4.55. The van der Waals surface area contributed by atoms with E-state index >= 15 is 0 Å². The second kappa shape index (κ2) is 7.99. The van der Waals surface area contributed by atoms with Crippen molar-refractivity contribution in [3.05, 3.63) is 87.9 Å². The fraction of sp³-hybridized carbons (Fsp3) is 0.200. The highest BCUT2D eigenvalue weighted by Crippen LogP contribution is 2.17. The van der Waals surface area contributed by atoms with Gasteiger partial charge in [0.1, 0.15) is 10.7 Å². The number of nitrogens with zero attached hydrogens (tertiary/aromatic N) is 2. The molecule has 1 aromatic heterocycles. The van der Waals surface area contributed by atoms with Crippen molar-refractivity contribution in [2.75, 3.05) is 0 Å². The van der Waals surface area contributed by atoms with Gasteiger partial charge in [0.15, 0.2) is 5.78 Å². The number of thiazole rings is 1. The molecule has 0 aliphatic carbocycles. The largest absolute Gasteiger partial charge is 0.293 e. The first kappa shape index (κ1) is 16.6. The minimum Gasteiger partial charge on any atom is -0.293 e.